The van der Waals surface area contributed by atoms with Crippen LogP contribution in [0.25, 0.3) is 5.82 Å². The van der Waals surface area contributed by atoms with Crippen molar-refractivity contribution in [3.8, 4) is 5.82 Å². The molecule has 2 heterocycles. The Kier molecular flexibility index (Phi) is 4.65. The van der Waals surface area contributed by atoms with Gasteiger partial charge in [0.15, 0.2) is 0 Å². The number of anilines is 1. The van der Waals surface area contributed by atoms with E-state index in [1.807, 2.05) is 6.07 Å². The summed E-state index contributed by atoms with van der Waals surface area (Å²) in [6.45, 7) is 0.240. The summed E-state index contributed by atoms with van der Waals surface area (Å²) in [5.41, 5.74) is 0.768. The van der Waals surface area contributed by atoms with E-state index in [0.29, 0.717) is 5.82 Å². The summed E-state index contributed by atoms with van der Waals surface area (Å²) in [6.07, 6.45) is 6.71. The summed E-state index contributed by atoms with van der Waals surface area (Å²) in [4.78, 5) is 30.6. The highest BCUT2D eigenvalue weighted by Gasteiger charge is 2.14. The molecule has 0 saturated carbocycles. The van der Waals surface area contributed by atoms with Crippen molar-refractivity contribution in [2.75, 3.05) is 5.32 Å². The van der Waals surface area contributed by atoms with E-state index in [9.17, 15) is 14.9 Å². The molecule has 1 aromatic carbocycles. The fourth-order valence-electron chi connectivity index (χ4n) is 2.16. The number of rotatable bonds is 5. The molecule has 0 spiro atoms. The van der Waals surface area contributed by atoms with Crippen molar-refractivity contribution in [3.63, 3.8) is 0 Å². The lowest BCUT2D eigenvalue weighted by Crippen LogP contribution is -2.28. The monoisotopic (exact) mass is 338 g/mol. The van der Waals surface area contributed by atoms with E-state index in [-0.39, 0.29) is 17.9 Å². The van der Waals surface area contributed by atoms with Crippen LogP contribution in [0.15, 0.2) is 61.3 Å². The van der Waals surface area contributed by atoms with Crippen LogP contribution in [0, 0.1) is 10.1 Å². The van der Waals surface area contributed by atoms with E-state index < -0.39 is 11.0 Å². The second-order valence-electron chi connectivity index (χ2n) is 5.08. The number of nitro benzene ring substituents is 1. The third kappa shape index (κ3) is 3.96. The van der Waals surface area contributed by atoms with E-state index in [1.165, 1.54) is 18.2 Å². The standard InChI is InChI=1S/C16H14N6O3/c23-16(20-13-3-1-2-4-14(13)22(24)25)19-10-12-5-6-15(18-9-12)21-8-7-17-11-21/h1-9,11H,10H2,(H2,19,20,23). The molecule has 2 aromatic heterocycles. The maximum atomic E-state index is 11.9. The first-order valence-electron chi connectivity index (χ1n) is 7.35. The maximum absolute atomic E-state index is 11.9. The zero-order valence-corrected chi connectivity index (χ0v) is 13.0. The maximum Gasteiger partial charge on any atom is 0.319 e. The van der Waals surface area contributed by atoms with Gasteiger partial charge in [0.25, 0.3) is 5.69 Å². The van der Waals surface area contributed by atoms with Gasteiger partial charge in [-0.25, -0.2) is 14.8 Å². The number of para-hydroxylation sites is 2. The van der Waals surface area contributed by atoms with Gasteiger partial charge in [-0.1, -0.05) is 18.2 Å². The molecular weight excluding hydrogens is 324 g/mol. The molecule has 0 radical (unpaired) electrons. The average Bonchev–Trinajstić information content (AvgIpc) is 3.15. The van der Waals surface area contributed by atoms with E-state index in [0.717, 1.165) is 5.56 Å². The minimum absolute atomic E-state index is 0.138. The number of pyridine rings is 1. The lowest BCUT2D eigenvalue weighted by Gasteiger charge is -2.08. The Morgan fingerprint density at radius 1 is 1.24 bits per heavy atom. The van der Waals surface area contributed by atoms with Gasteiger partial charge in [0.05, 0.1) is 4.92 Å². The fourth-order valence-corrected chi connectivity index (χ4v) is 2.16. The SMILES string of the molecule is O=C(NCc1ccc(-n2ccnc2)nc1)Nc1ccccc1[N+](=O)[O-]. The summed E-state index contributed by atoms with van der Waals surface area (Å²) in [7, 11) is 0. The lowest BCUT2D eigenvalue weighted by atomic mass is 10.2. The predicted octanol–water partition coefficient (Wildman–Crippen LogP) is 2.50. The summed E-state index contributed by atoms with van der Waals surface area (Å²) >= 11 is 0. The molecule has 0 atom stereocenters. The molecule has 0 bridgehead atoms. The Balaban J connectivity index is 1.58. The number of amides is 2. The van der Waals surface area contributed by atoms with Gasteiger partial charge >= 0.3 is 6.03 Å². The molecule has 126 valence electrons. The van der Waals surface area contributed by atoms with Gasteiger partial charge in [-0.15, -0.1) is 0 Å². The molecule has 0 aliphatic carbocycles. The van der Waals surface area contributed by atoms with Gasteiger partial charge in [0, 0.05) is 31.2 Å². The molecule has 2 N–H and O–H groups in total. The predicted molar refractivity (Wildman–Crippen MR) is 90.3 cm³/mol. The Labute approximate surface area is 142 Å². The third-order valence-corrected chi connectivity index (χ3v) is 3.38. The van der Waals surface area contributed by atoms with Crippen LogP contribution in [-0.2, 0) is 6.54 Å². The van der Waals surface area contributed by atoms with Gasteiger partial charge in [-0.2, -0.15) is 0 Å². The Morgan fingerprint density at radius 2 is 2.08 bits per heavy atom. The van der Waals surface area contributed by atoms with Gasteiger partial charge in [0.1, 0.15) is 17.8 Å². The lowest BCUT2D eigenvalue weighted by molar-refractivity contribution is -0.383. The third-order valence-electron chi connectivity index (χ3n) is 3.38. The van der Waals surface area contributed by atoms with E-state index in [2.05, 4.69) is 20.6 Å². The number of nitro groups is 1. The van der Waals surface area contributed by atoms with E-state index in [4.69, 9.17) is 0 Å². The number of benzene rings is 1. The summed E-state index contributed by atoms with van der Waals surface area (Å²) in [6, 6.07) is 9.04. The van der Waals surface area contributed by atoms with Crippen LogP contribution in [0.3, 0.4) is 0 Å². The van der Waals surface area contributed by atoms with E-state index >= 15 is 0 Å². The quantitative estimate of drug-likeness (QED) is 0.548. The molecule has 0 unspecified atom stereocenters. The van der Waals surface area contributed by atoms with Crippen molar-refractivity contribution < 1.29 is 9.72 Å². The highest BCUT2D eigenvalue weighted by molar-refractivity contribution is 5.91. The number of imidazole rings is 1. The number of carbonyl (C=O) groups excluding carboxylic acids is 1. The molecular formula is C16H14N6O3. The number of carbonyl (C=O) groups is 1. The first-order valence-corrected chi connectivity index (χ1v) is 7.35. The number of nitrogens with one attached hydrogen (secondary N) is 2. The van der Waals surface area contributed by atoms with Crippen molar-refractivity contribution in [3.05, 3.63) is 77.0 Å². The first kappa shape index (κ1) is 16.1. The van der Waals surface area contributed by atoms with Crippen molar-refractivity contribution >= 4 is 17.4 Å². The van der Waals surface area contributed by atoms with Crippen LogP contribution in [0.5, 0.6) is 0 Å². The van der Waals surface area contributed by atoms with Crippen LogP contribution < -0.4 is 10.6 Å². The molecule has 9 heteroatoms. The van der Waals surface area contributed by atoms with Crippen LogP contribution in [0.1, 0.15) is 5.56 Å². The molecule has 0 saturated heterocycles. The van der Waals surface area contributed by atoms with Crippen LogP contribution in [-0.4, -0.2) is 25.5 Å². The molecule has 0 aliphatic heterocycles. The van der Waals surface area contributed by atoms with Gasteiger partial charge < -0.3 is 10.6 Å². The summed E-state index contributed by atoms with van der Waals surface area (Å²) in [5, 5.41) is 16.0. The van der Waals surface area contributed by atoms with E-state index in [1.54, 1.807) is 41.6 Å². The summed E-state index contributed by atoms with van der Waals surface area (Å²) in [5.74, 6) is 0.714. The van der Waals surface area contributed by atoms with Gasteiger partial charge in [0.2, 0.25) is 0 Å². The van der Waals surface area contributed by atoms with Crippen LogP contribution in [0.4, 0.5) is 16.2 Å². The molecule has 0 fully saturated rings. The van der Waals surface area contributed by atoms with Crippen molar-refractivity contribution in [1.29, 1.82) is 0 Å². The first-order chi connectivity index (χ1) is 12.1. The molecule has 0 aliphatic rings. The highest BCUT2D eigenvalue weighted by Crippen LogP contribution is 2.22. The van der Waals surface area contributed by atoms with Gasteiger partial charge in [-0.3, -0.25) is 14.7 Å². The van der Waals surface area contributed by atoms with Crippen molar-refractivity contribution in [2.45, 2.75) is 6.54 Å². The van der Waals surface area contributed by atoms with Crippen LogP contribution >= 0.6 is 0 Å². The highest BCUT2D eigenvalue weighted by atomic mass is 16.6. The van der Waals surface area contributed by atoms with Gasteiger partial charge in [-0.05, 0) is 17.7 Å². The second kappa shape index (κ2) is 7.21. The minimum Gasteiger partial charge on any atom is -0.334 e. The van der Waals surface area contributed by atoms with Crippen LogP contribution in [0.2, 0.25) is 0 Å². The topological polar surface area (TPSA) is 115 Å². The number of aromatic nitrogens is 3. The Morgan fingerprint density at radius 3 is 2.76 bits per heavy atom. The molecule has 2 amide bonds. The zero-order chi connectivity index (χ0) is 17.6. The number of urea groups is 1. The molecule has 3 rings (SSSR count). The largest absolute Gasteiger partial charge is 0.334 e. The van der Waals surface area contributed by atoms with Crippen molar-refractivity contribution in [1.82, 2.24) is 19.9 Å². The zero-order valence-electron chi connectivity index (χ0n) is 13.0. The minimum atomic E-state index is -0.547. The number of hydrogen-bond acceptors (Lipinski definition) is 5. The van der Waals surface area contributed by atoms with Crippen molar-refractivity contribution in [2.24, 2.45) is 0 Å². The molecule has 3 aromatic rings. The molecule has 9 nitrogen and oxygen atoms in total. The number of hydrogen-bond donors (Lipinski definition) is 2. The smallest absolute Gasteiger partial charge is 0.319 e. The summed E-state index contributed by atoms with van der Waals surface area (Å²) < 4.78 is 1.76. The molecule has 25 heavy (non-hydrogen) atoms. The second-order valence-corrected chi connectivity index (χ2v) is 5.08. The Bertz CT molecular complexity index is 877. The average molecular weight is 338 g/mol. The fraction of sp³-hybridized carbons (Fsp3) is 0.0625. The number of nitrogens with zero attached hydrogens (tertiary/aromatic N) is 4. The normalized spacial score (nSPS) is 10.2. The Hall–Kier alpha value is -3.75.